The van der Waals surface area contributed by atoms with Crippen molar-refractivity contribution < 1.29 is 4.74 Å². The Morgan fingerprint density at radius 1 is 1.50 bits per heavy atom. The molecular formula is C9H13N3OS. The van der Waals surface area contributed by atoms with Crippen molar-refractivity contribution in [1.29, 1.82) is 0 Å². The van der Waals surface area contributed by atoms with Gasteiger partial charge in [0.1, 0.15) is 4.64 Å². The maximum atomic E-state index is 5.34. The highest BCUT2D eigenvalue weighted by molar-refractivity contribution is 7.71. The van der Waals surface area contributed by atoms with Gasteiger partial charge >= 0.3 is 0 Å². The number of rotatable bonds is 1. The molecule has 0 aliphatic carbocycles. The van der Waals surface area contributed by atoms with Gasteiger partial charge in [-0.25, -0.2) is 4.98 Å². The van der Waals surface area contributed by atoms with E-state index in [0.717, 1.165) is 24.5 Å². The SMILES string of the molecule is CN(C)c1nc(=S)c2c([nH]1)CCOC2. The quantitative estimate of drug-likeness (QED) is 0.710. The molecule has 0 saturated heterocycles. The Morgan fingerprint density at radius 2 is 2.29 bits per heavy atom. The Hall–Kier alpha value is -0.940. The summed E-state index contributed by atoms with van der Waals surface area (Å²) in [6.45, 7) is 1.35. The Kier molecular flexibility index (Phi) is 2.52. The van der Waals surface area contributed by atoms with Crippen LogP contribution in [0.2, 0.25) is 0 Å². The van der Waals surface area contributed by atoms with E-state index < -0.39 is 0 Å². The van der Waals surface area contributed by atoms with E-state index >= 15 is 0 Å². The number of aromatic amines is 1. The zero-order valence-electron chi connectivity index (χ0n) is 8.33. The van der Waals surface area contributed by atoms with Gasteiger partial charge in [-0.1, -0.05) is 12.2 Å². The molecule has 1 aromatic heterocycles. The van der Waals surface area contributed by atoms with Crippen molar-refractivity contribution >= 4 is 18.2 Å². The van der Waals surface area contributed by atoms with Crippen LogP contribution < -0.4 is 4.90 Å². The molecule has 14 heavy (non-hydrogen) atoms. The fourth-order valence-corrected chi connectivity index (χ4v) is 1.72. The van der Waals surface area contributed by atoms with Gasteiger partial charge in [-0.05, 0) is 0 Å². The van der Waals surface area contributed by atoms with E-state index in [0.29, 0.717) is 11.2 Å². The van der Waals surface area contributed by atoms with Crippen LogP contribution in [0.3, 0.4) is 0 Å². The molecule has 76 valence electrons. The standard InChI is InChI=1S/C9H13N3OS/c1-12(2)9-10-7-3-4-13-5-6(7)8(14)11-9/h3-5H2,1-2H3,(H,10,11,14). The van der Waals surface area contributed by atoms with Gasteiger partial charge in [0.15, 0.2) is 0 Å². The second kappa shape index (κ2) is 3.67. The summed E-state index contributed by atoms with van der Waals surface area (Å²) in [5.74, 6) is 0.815. The van der Waals surface area contributed by atoms with E-state index in [2.05, 4.69) is 9.97 Å². The Morgan fingerprint density at radius 3 is 3.00 bits per heavy atom. The van der Waals surface area contributed by atoms with Crippen LogP contribution in [0, 0.1) is 4.64 Å². The van der Waals surface area contributed by atoms with Crippen LogP contribution in [0.25, 0.3) is 0 Å². The molecule has 1 aliphatic rings. The Bertz CT molecular complexity index is 400. The third-order valence-electron chi connectivity index (χ3n) is 2.26. The number of anilines is 1. The second-order valence-corrected chi connectivity index (χ2v) is 3.91. The van der Waals surface area contributed by atoms with E-state index in [1.807, 2.05) is 19.0 Å². The van der Waals surface area contributed by atoms with Gasteiger partial charge < -0.3 is 14.6 Å². The molecule has 1 aromatic rings. The van der Waals surface area contributed by atoms with Crippen molar-refractivity contribution in [2.75, 3.05) is 25.6 Å². The molecule has 0 amide bonds. The summed E-state index contributed by atoms with van der Waals surface area (Å²) in [7, 11) is 3.89. The van der Waals surface area contributed by atoms with Crippen LogP contribution in [0.1, 0.15) is 11.3 Å². The minimum atomic E-state index is 0.589. The molecule has 0 saturated carbocycles. The fraction of sp³-hybridized carbons (Fsp3) is 0.556. The summed E-state index contributed by atoms with van der Waals surface area (Å²) >= 11 is 5.21. The average Bonchev–Trinajstić information content (AvgIpc) is 2.17. The van der Waals surface area contributed by atoms with Crippen LogP contribution in [0.5, 0.6) is 0 Å². The number of aromatic nitrogens is 2. The smallest absolute Gasteiger partial charge is 0.203 e. The summed E-state index contributed by atoms with van der Waals surface area (Å²) in [6, 6.07) is 0. The summed E-state index contributed by atoms with van der Waals surface area (Å²) in [5.41, 5.74) is 2.21. The number of nitrogens with one attached hydrogen (secondary N) is 1. The number of fused-ring (bicyclic) bond motifs is 1. The molecule has 1 N–H and O–H groups in total. The minimum absolute atomic E-state index is 0.589. The molecule has 2 heterocycles. The zero-order chi connectivity index (χ0) is 10.1. The third-order valence-corrected chi connectivity index (χ3v) is 2.60. The minimum Gasteiger partial charge on any atom is -0.376 e. The first-order chi connectivity index (χ1) is 6.68. The largest absolute Gasteiger partial charge is 0.376 e. The number of ether oxygens (including phenoxy) is 1. The van der Waals surface area contributed by atoms with Crippen molar-refractivity contribution in [2.24, 2.45) is 0 Å². The van der Waals surface area contributed by atoms with E-state index in [9.17, 15) is 0 Å². The predicted molar refractivity (Wildman–Crippen MR) is 57.1 cm³/mol. The van der Waals surface area contributed by atoms with Gasteiger partial charge in [0, 0.05) is 31.8 Å². The lowest BCUT2D eigenvalue weighted by Gasteiger charge is -2.19. The Balaban J connectivity index is 2.52. The van der Waals surface area contributed by atoms with Gasteiger partial charge in [0.25, 0.3) is 0 Å². The molecule has 0 aromatic carbocycles. The van der Waals surface area contributed by atoms with E-state index in [1.54, 1.807) is 0 Å². The molecule has 0 bridgehead atoms. The highest BCUT2D eigenvalue weighted by Crippen LogP contribution is 2.17. The Labute approximate surface area is 87.9 Å². The molecule has 4 nitrogen and oxygen atoms in total. The zero-order valence-corrected chi connectivity index (χ0v) is 9.15. The lowest BCUT2D eigenvalue weighted by Crippen LogP contribution is -2.18. The average molecular weight is 211 g/mol. The number of nitrogens with zero attached hydrogens (tertiary/aromatic N) is 2. The van der Waals surface area contributed by atoms with Gasteiger partial charge in [-0.15, -0.1) is 0 Å². The number of H-pyrrole nitrogens is 1. The number of hydrogen-bond donors (Lipinski definition) is 1. The maximum Gasteiger partial charge on any atom is 0.203 e. The van der Waals surface area contributed by atoms with Crippen molar-refractivity contribution in [3.63, 3.8) is 0 Å². The molecule has 1 aliphatic heterocycles. The topological polar surface area (TPSA) is 41.2 Å². The third kappa shape index (κ3) is 1.65. The van der Waals surface area contributed by atoms with Crippen LogP contribution in [0.4, 0.5) is 5.95 Å². The molecule has 0 unspecified atom stereocenters. The van der Waals surface area contributed by atoms with Crippen molar-refractivity contribution in [3.05, 3.63) is 15.9 Å². The summed E-state index contributed by atoms with van der Waals surface area (Å²) in [5, 5.41) is 0. The molecule has 0 radical (unpaired) electrons. The molecule has 0 spiro atoms. The van der Waals surface area contributed by atoms with Gasteiger partial charge in [-0.2, -0.15) is 0 Å². The van der Waals surface area contributed by atoms with Crippen molar-refractivity contribution in [2.45, 2.75) is 13.0 Å². The molecule has 2 rings (SSSR count). The van der Waals surface area contributed by atoms with Gasteiger partial charge in [-0.3, -0.25) is 0 Å². The summed E-state index contributed by atoms with van der Waals surface area (Å²) < 4.78 is 5.99. The first-order valence-corrected chi connectivity index (χ1v) is 4.96. The molecule has 5 heteroatoms. The van der Waals surface area contributed by atoms with Crippen LogP contribution >= 0.6 is 12.2 Å². The second-order valence-electron chi connectivity index (χ2n) is 3.52. The van der Waals surface area contributed by atoms with E-state index in [4.69, 9.17) is 17.0 Å². The lowest BCUT2D eigenvalue weighted by atomic mass is 10.1. The number of hydrogen-bond acceptors (Lipinski definition) is 4. The van der Waals surface area contributed by atoms with E-state index in [1.165, 1.54) is 5.69 Å². The molecule has 0 atom stereocenters. The monoisotopic (exact) mass is 211 g/mol. The first-order valence-electron chi connectivity index (χ1n) is 4.55. The van der Waals surface area contributed by atoms with Gasteiger partial charge in [0.2, 0.25) is 5.95 Å². The van der Waals surface area contributed by atoms with Crippen LogP contribution in [-0.4, -0.2) is 30.7 Å². The predicted octanol–water partition coefficient (Wildman–Crippen LogP) is 1.28. The van der Waals surface area contributed by atoms with Crippen LogP contribution in [0.15, 0.2) is 0 Å². The summed E-state index contributed by atoms with van der Waals surface area (Å²) in [4.78, 5) is 9.49. The molecule has 0 fully saturated rings. The van der Waals surface area contributed by atoms with Gasteiger partial charge in [0.05, 0.1) is 13.2 Å². The normalized spacial score (nSPS) is 15.0. The van der Waals surface area contributed by atoms with Crippen LogP contribution in [-0.2, 0) is 17.8 Å². The lowest BCUT2D eigenvalue weighted by molar-refractivity contribution is 0.108. The van der Waals surface area contributed by atoms with E-state index in [-0.39, 0.29) is 0 Å². The maximum absolute atomic E-state index is 5.34. The first kappa shape index (κ1) is 9.61. The highest BCUT2D eigenvalue weighted by Gasteiger charge is 2.13. The molecular weight excluding hydrogens is 198 g/mol. The van der Waals surface area contributed by atoms with Crippen molar-refractivity contribution in [3.8, 4) is 0 Å². The summed E-state index contributed by atoms with van der Waals surface area (Å²) in [6.07, 6.45) is 0.891. The fourth-order valence-electron chi connectivity index (χ4n) is 1.45. The van der Waals surface area contributed by atoms with Crippen molar-refractivity contribution in [1.82, 2.24) is 9.97 Å². The highest BCUT2D eigenvalue weighted by atomic mass is 32.1.